The van der Waals surface area contributed by atoms with Gasteiger partial charge in [0.05, 0.1) is 26.4 Å². The number of ether oxygens (including phenoxy) is 4. The van der Waals surface area contributed by atoms with Gasteiger partial charge in [-0.05, 0) is 49.4 Å². The van der Waals surface area contributed by atoms with Crippen LogP contribution in [0.5, 0.6) is 0 Å². The van der Waals surface area contributed by atoms with E-state index >= 15 is 0 Å². The van der Waals surface area contributed by atoms with Crippen molar-refractivity contribution < 1.29 is 80.2 Å². The number of phosphoric acid groups is 2. The summed E-state index contributed by atoms with van der Waals surface area (Å²) < 4.78 is 68.5. The molecule has 6 unspecified atom stereocenters. The predicted octanol–water partition coefficient (Wildman–Crippen LogP) is 21.7. The average molecular weight is 1380 g/mol. The van der Waals surface area contributed by atoms with Crippen molar-refractivity contribution in [2.75, 3.05) is 39.6 Å². The lowest BCUT2D eigenvalue weighted by molar-refractivity contribution is -0.161. The van der Waals surface area contributed by atoms with Gasteiger partial charge in [-0.1, -0.05) is 325 Å². The lowest BCUT2D eigenvalue weighted by Crippen LogP contribution is -2.30. The first kappa shape index (κ1) is 92.1. The molecule has 94 heavy (non-hydrogen) atoms. The normalized spacial score (nSPS) is 15.3. The minimum Gasteiger partial charge on any atom is -0.462 e. The number of hydrogen-bond acceptors (Lipinski definition) is 15. The highest BCUT2D eigenvalue weighted by Crippen LogP contribution is 2.45. The largest absolute Gasteiger partial charge is 0.472 e. The standard InChI is InChI=1S/C75H146O17P2/c1-9-65(5)51-43-35-27-21-17-15-13-14-16-18-24-31-41-49-57-74(79)91-71(62-86-73(78)56-48-40-34-33-38-46-54-68(8)12-4)64-90-94(83,84)88-60-69(76)59-87-93(81,82)89-63-70(92-75(80)58-50-42-32-26-25-29-37-45-53-67(7)11-3)61-85-72(77)55-47-39-30-23-20-19-22-28-36-44-52-66(6)10-2/h65-71,76H,9-64H2,1-8H3,(H,81,82)(H,83,84)/t65?,66?,67?,68?,69-,70-,71-/m1/s1. The van der Waals surface area contributed by atoms with Gasteiger partial charge in [0.15, 0.2) is 12.2 Å². The van der Waals surface area contributed by atoms with E-state index in [2.05, 4.69) is 55.4 Å². The van der Waals surface area contributed by atoms with Crippen molar-refractivity contribution >= 4 is 39.5 Å². The SMILES string of the molecule is CCC(C)CCCCCCCCCCCCCCCCC(=O)O[C@H](COC(=O)CCCCCCCCC(C)CC)COP(=O)(O)OC[C@H](O)COP(=O)(O)OC[C@@H](COC(=O)CCCCCCCCCCCCC(C)CC)OC(=O)CCCCCCCCCCC(C)CC. The molecule has 0 saturated heterocycles. The highest BCUT2D eigenvalue weighted by Gasteiger charge is 2.30. The van der Waals surface area contributed by atoms with Crippen molar-refractivity contribution in [2.45, 2.75) is 395 Å². The first-order chi connectivity index (χ1) is 45.2. The minimum atomic E-state index is -4.96. The number of hydrogen-bond donors (Lipinski definition) is 3. The zero-order valence-corrected chi connectivity index (χ0v) is 63.4. The monoisotopic (exact) mass is 1380 g/mol. The molecule has 9 atom stereocenters. The predicted molar refractivity (Wildman–Crippen MR) is 381 cm³/mol. The van der Waals surface area contributed by atoms with E-state index in [1.54, 1.807) is 0 Å². The van der Waals surface area contributed by atoms with Gasteiger partial charge >= 0.3 is 39.5 Å². The molecule has 0 fully saturated rings. The van der Waals surface area contributed by atoms with Crippen LogP contribution in [-0.2, 0) is 65.4 Å². The molecule has 0 rings (SSSR count). The van der Waals surface area contributed by atoms with E-state index < -0.39 is 97.5 Å². The van der Waals surface area contributed by atoms with Crippen molar-refractivity contribution in [1.82, 2.24) is 0 Å². The Kier molecular flexibility index (Phi) is 63.1. The summed E-state index contributed by atoms with van der Waals surface area (Å²) >= 11 is 0. The van der Waals surface area contributed by atoms with Crippen LogP contribution < -0.4 is 0 Å². The zero-order chi connectivity index (χ0) is 69.6. The average Bonchev–Trinajstić information content (AvgIpc) is 1.38. The van der Waals surface area contributed by atoms with Crippen molar-refractivity contribution in [3.8, 4) is 0 Å². The smallest absolute Gasteiger partial charge is 0.462 e. The molecule has 0 aliphatic heterocycles. The van der Waals surface area contributed by atoms with Gasteiger partial charge in [0.1, 0.15) is 19.3 Å². The van der Waals surface area contributed by atoms with Crippen LogP contribution in [0.3, 0.4) is 0 Å². The summed E-state index contributed by atoms with van der Waals surface area (Å²) in [6.07, 6.45) is 48.4. The van der Waals surface area contributed by atoms with Crippen molar-refractivity contribution in [3.05, 3.63) is 0 Å². The molecule has 0 aromatic heterocycles. The third-order valence-corrected chi connectivity index (χ3v) is 20.7. The second-order valence-corrected chi connectivity index (χ2v) is 30.9. The van der Waals surface area contributed by atoms with E-state index in [4.69, 9.17) is 37.0 Å². The molecule has 17 nitrogen and oxygen atoms in total. The van der Waals surface area contributed by atoms with Crippen LogP contribution in [0.4, 0.5) is 0 Å². The number of unbranched alkanes of at least 4 members (excludes halogenated alkanes) is 34. The third kappa shape index (κ3) is 63.5. The number of aliphatic hydroxyl groups is 1. The molecule has 0 aromatic carbocycles. The fourth-order valence-electron chi connectivity index (χ4n) is 11.2. The number of aliphatic hydroxyl groups excluding tert-OH is 1. The molecule has 0 saturated carbocycles. The number of carbonyl (C=O) groups is 4. The minimum absolute atomic E-state index is 0.104. The van der Waals surface area contributed by atoms with Crippen LogP contribution in [0.1, 0.15) is 376 Å². The zero-order valence-electron chi connectivity index (χ0n) is 61.6. The molecule has 0 radical (unpaired) electrons. The summed E-state index contributed by atoms with van der Waals surface area (Å²) in [5.41, 5.74) is 0. The lowest BCUT2D eigenvalue weighted by Gasteiger charge is -2.21. The summed E-state index contributed by atoms with van der Waals surface area (Å²) in [6.45, 7) is 14.2. The van der Waals surface area contributed by atoms with Crippen molar-refractivity contribution in [2.24, 2.45) is 23.7 Å². The number of rotatable bonds is 72. The molecule has 558 valence electrons. The molecule has 3 N–H and O–H groups in total. The summed E-state index contributed by atoms with van der Waals surface area (Å²) in [5.74, 6) is 1.03. The Morgan fingerprint density at radius 3 is 0.702 bits per heavy atom. The van der Waals surface area contributed by atoms with E-state index in [9.17, 15) is 43.2 Å². The van der Waals surface area contributed by atoms with Crippen molar-refractivity contribution in [3.63, 3.8) is 0 Å². The Morgan fingerprint density at radius 2 is 0.479 bits per heavy atom. The fraction of sp³-hybridized carbons (Fsp3) is 0.947. The number of carbonyl (C=O) groups excluding carboxylic acids is 4. The van der Waals surface area contributed by atoms with Gasteiger partial charge in [0.2, 0.25) is 0 Å². The van der Waals surface area contributed by atoms with Crippen LogP contribution in [0.25, 0.3) is 0 Å². The van der Waals surface area contributed by atoms with Crippen LogP contribution >= 0.6 is 15.6 Å². The molecule has 0 amide bonds. The topological polar surface area (TPSA) is 237 Å². The van der Waals surface area contributed by atoms with E-state index in [0.29, 0.717) is 25.7 Å². The number of esters is 4. The molecule has 0 spiro atoms. The van der Waals surface area contributed by atoms with Crippen LogP contribution in [0.15, 0.2) is 0 Å². The van der Waals surface area contributed by atoms with E-state index in [1.807, 2.05) is 0 Å². The van der Waals surface area contributed by atoms with Gasteiger partial charge in [-0.15, -0.1) is 0 Å². The molecule has 0 heterocycles. The highest BCUT2D eigenvalue weighted by molar-refractivity contribution is 7.47. The van der Waals surface area contributed by atoms with Crippen LogP contribution in [0, 0.1) is 23.7 Å². The Balaban J connectivity index is 5.25. The maximum Gasteiger partial charge on any atom is 0.472 e. The second-order valence-electron chi connectivity index (χ2n) is 28.0. The van der Waals surface area contributed by atoms with E-state index in [1.165, 1.54) is 173 Å². The third-order valence-electron chi connectivity index (χ3n) is 18.8. The Hall–Kier alpha value is -1.94. The Labute approximate surface area is 575 Å². The summed E-state index contributed by atoms with van der Waals surface area (Å²) in [5, 5.41) is 10.6. The fourth-order valence-corrected chi connectivity index (χ4v) is 12.8. The molecule has 0 bridgehead atoms. The summed E-state index contributed by atoms with van der Waals surface area (Å²) in [7, 11) is -9.91. The van der Waals surface area contributed by atoms with E-state index in [0.717, 1.165) is 120 Å². The van der Waals surface area contributed by atoms with Gasteiger partial charge < -0.3 is 33.8 Å². The van der Waals surface area contributed by atoms with Crippen LogP contribution in [-0.4, -0.2) is 96.7 Å². The summed E-state index contributed by atoms with van der Waals surface area (Å²) in [6, 6.07) is 0. The Bertz CT molecular complexity index is 1860. The van der Waals surface area contributed by atoms with Gasteiger partial charge in [0.25, 0.3) is 0 Å². The van der Waals surface area contributed by atoms with Crippen molar-refractivity contribution in [1.29, 1.82) is 0 Å². The maximum atomic E-state index is 13.1. The molecule has 0 aliphatic rings. The molecule has 0 aromatic rings. The molecular weight excluding hydrogens is 1230 g/mol. The first-order valence-corrected chi connectivity index (χ1v) is 41.8. The quantitative estimate of drug-likeness (QED) is 0.0222. The van der Waals surface area contributed by atoms with Gasteiger partial charge in [-0.3, -0.25) is 37.3 Å². The van der Waals surface area contributed by atoms with Gasteiger partial charge in [-0.25, -0.2) is 9.13 Å². The van der Waals surface area contributed by atoms with Gasteiger partial charge in [0, 0.05) is 25.7 Å². The molecule has 0 aliphatic carbocycles. The molecule has 19 heteroatoms. The molecular formula is C75H146O17P2. The number of phosphoric ester groups is 2. The van der Waals surface area contributed by atoms with Crippen LogP contribution in [0.2, 0.25) is 0 Å². The maximum absolute atomic E-state index is 13.1. The highest BCUT2D eigenvalue weighted by atomic mass is 31.2. The lowest BCUT2D eigenvalue weighted by atomic mass is 9.99. The summed E-state index contributed by atoms with van der Waals surface area (Å²) in [4.78, 5) is 72.8. The Morgan fingerprint density at radius 1 is 0.287 bits per heavy atom. The first-order valence-electron chi connectivity index (χ1n) is 38.9. The second kappa shape index (κ2) is 64.4. The van der Waals surface area contributed by atoms with Gasteiger partial charge in [-0.2, -0.15) is 0 Å². The van der Waals surface area contributed by atoms with E-state index in [-0.39, 0.29) is 25.7 Å².